The molecule has 2 aromatic carbocycles. The topological polar surface area (TPSA) is 29.5 Å². The van der Waals surface area contributed by atoms with Crippen LogP contribution >= 0.6 is 0 Å². The number of rotatable bonds is 5. The summed E-state index contributed by atoms with van der Waals surface area (Å²) in [6.45, 7) is 8.00. The van der Waals surface area contributed by atoms with E-state index in [9.17, 15) is 18.3 Å². The van der Waals surface area contributed by atoms with Gasteiger partial charge in [-0.25, -0.2) is 0 Å². The minimum atomic E-state index is -4.76. The number of halogens is 3. The largest absolute Gasteiger partial charge is 0.419 e. The van der Waals surface area contributed by atoms with Crippen LogP contribution in [0.2, 0.25) is 0 Å². The molecule has 1 fully saturated rings. The van der Waals surface area contributed by atoms with Crippen LogP contribution in [0.3, 0.4) is 0 Å². The number of hydrogen-bond acceptors (Lipinski definition) is 2. The molecule has 0 aliphatic heterocycles. The number of ether oxygens (including phenoxy) is 1. The number of alkyl halides is 3. The van der Waals surface area contributed by atoms with Gasteiger partial charge in [-0.05, 0) is 61.6 Å². The first-order valence-electron chi connectivity index (χ1n) is 9.64. The third kappa shape index (κ3) is 3.58. The van der Waals surface area contributed by atoms with Gasteiger partial charge >= 0.3 is 6.18 Å². The zero-order valence-electron chi connectivity index (χ0n) is 16.6. The monoisotopic (exact) mass is 392 g/mol. The van der Waals surface area contributed by atoms with Gasteiger partial charge in [-0.3, -0.25) is 0 Å². The number of benzene rings is 2. The van der Waals surface area contributed by atoms with Crippen molar-refractivity contribution < 1.29 is 23.0 Å². The van der Waals surface area contributed by atoms with Crippen LogP contribution in [-0.4, -0.2) is 23.0 Å². The number of fused-ring (bicyclic) bond motifs is 1. The molecule has 1 aliphatic rings. The molecule has 5 heteroatoms. The van der Waals surface area contributed by atoms with Crippen LogP contribution in [0, 0.1) is 0 Å². The standard InChI is InChI=1S/C23H27F3O2/c1-15(2)17-10-11-19-18(14-17)8-7-9-20(19)22(12-5-6-13-22)28-16(3)21(4,27)23(24,25)26/h7-11,14,16,27H,1,5-6,12-13H2,2-4H3. The minimum absolute atomic E-state index is 0.632. The van der Waals surface area contributed by atoms with Crippen molar-refractivity contribution in [2.45, 2.75) is 69.9 Å². The molecule has 0 radical (unpaired) electrons. The van der Waals surface area contributed by atoms with Gasteiger partial charge in [0.2, 0.25) is 0 Å². The van der Waals surface area contributed by atoms with Gasteiger partial charge in [0.15, 0.2) is 5.60 Å². The van der Waals surface area contributed by atoms with Crippen LogP contribution in [0.15, 0.2) is 43.0 Å². The third-order valence-corrected chi connectivity index (χ3v) is 6.04. The smallest absolute Gasteiger partial charge is 0.379 e. The summed E-state index contributed by atoms with van der Waals surface area (Å²) in [7, 11) is 0. The lowest BCUT2D eigenvalue weighted by atomic mass is 9.86. The van der Waals surface area contributed by atoms with Crippen molar-refractivity contribution in [2.75, 3.05) is 0 Å². The molecule has 0 bridgehead atoms. The third-order valence-electron chi connectivity index (χ3n) is 6.04. The van der Waals surface area contributed by atoms with Gasteiger partial charge in [0.1, 0.15) is 0 Å². The summed E-state index contributed by atoms with van der Waals surface area (Å²) >= 11 is 0. The van der Waals surface area contributed by atoms with E-state index in [4.69, 9.17) is 4.74 Å². The Hall–Kier alpha value is -1.85. The summed E-state index contributed by atoms with van der Waals surface area (Å²) in [6, 6.07) is 11.8. The van der Waals surface area contributed by atoms with Gasteiger partial charge < -0.3 is 9.84 Å². The van der Waals surface area contributed by atoms with Crippen molar-refractivity contribution in [1.82, 2.24) is 0 Å². The van der Waals surface area contributed by atoms with E-state index in [-0.39, 0.29) is 0 Å². The Kier molecular flexibility index (Phi) is 5.36. The van der Waals surface area contributed by atoms with Crippen molar-refractivity contribution in [3.8, 4) is 0 Å². The molecule has 0 aromatic heterocycles. The highest BCUT2D eigenvalue weighted by atomic mass is 19.4. The first kappa shape index (κ1) is 20.9. The van der Waals surface area contributed by atoms with Gasteiger partial charge in [0.05, 0.1) is 11.7 Å². The molecule has 1 N–H and O–H groups in total. The molecule has 0 spiro atoms. The SMILES string of the molecule is C=C(C)c1ccc2c(C3(OC(C)C(C)(O)C(F)(F)F)CCCC3)cccc2c1. The molecule has 2 nitrogen and oxygen atoms in total. The molecule has 0 saturated heterocycles. The maximum atomic E-state index is 13.3. The Morgan fingerprint density at radius 2 is 1.82 bits per heavy atom. The molecule has 1 aliphatic carbocycles. The number of aliphatic hydroxyl groups is 1. The Balaban J connectivity index is 2.06. The van der Waals surface area contributed by atoms with E-state index in [0.29, 0.717) is 12.8 Å². The van der Waals surface area contributed by atoms with E-state index in [1.807, 2.05) is 43.3 Å². The summed E-state index contributed by atoms with van der Waals surface area (Å²) in [5, 5.41) is 12.1. The Labute approximate surface area is 164 Å². The van der Waals surface area contributed by atoms with Crippen LogP contribution < -0.4 is 0 Å². The van der Waals surface area contributed by atoms with Crippen LogP contribution in [0.1, 0.15) is 57.6 Å². The molecule has 3 rings (SSSR count). The second-order valence-corrected chi connectivity index (χ2v) is 8.13. The maximum Gasteiger partial charge on any atom is 0.419 e. The zero-order valence-corrected chi connectivity index (χ0v) is 16.6. The summed E-state index contributed by atoms with van der Waals surface area (Å²) in [4.78, 5) is 0. The predicted octanol–water partition coefficient (Wildman–Crippen LogP) is 6.36. The van der Waals surface area contributed by atoms with Gasteiger partial charge in [0, 0.05) is 0 Å². The van der Waals surface area contributed by atoms with Gasteiger partial charge in [-0.2, -0.15) is 13.2 Å². The fraction of sp³-hybridized carbons (Fsp3) is 0.478. The van der Waals surface area contributed by atoms with Gasteiger partial charge in [-0.15, -0.1) is 0 Å². The summed E-state index contributed by atoms with van der Waals surface area (Å²) in [5.74, 6) is 0. The molecule has 28 heavy (non-hydrogen) atoms. The van der Waals surface area contributed by atoms with E-state index < -0.39 is 23.5 Å². The molecular weight excluding hydrogens is 365 g/mol. The van der Waals surface area contributed by atoms with Crippen molar-refractivity contribution in [2.24, 2.45) is 0 Å². The first-order valence-corrected chi connectivity index (χ1v) is 9.64. The molecule has 0 amide bonds. The van der Waals surface area contributed by atoms with Crippen molar-refractivity contribution in [3.63, 3.8) is 0 Å². The average molecular weight is 392 g/mol. The van der Waals surface area contributed by atoms with Crippen LogP contribution in [0.4, 0.5) is 13.2 Å². The number of allylic oxidation sites excluding steroid dienone is 1. The molecular formula is C23H27F3O2. The van der Waals surface area contributed by atoms with Crippen LogP contribution in [-0.2, 0) is 10.3 Å². The van der Waals surface area contributed by atoms with E-state index in [1.54, 1.807) is 0 Å². The highest BCUT2D eigenvalue weighted by molar-refractivity contribution is 5.89. The zero-order chi connectivity index (χ0) is 20.7. The van der Waals surface area contributed by atoms with Gasteiger partial charge in [0.25, 0.3) is 0 Å². The molecule has 0 heterocycles. The van der Waals surface area contributed by atoms with E-state index >= 15 is 0 Å². The van der Waals surface area contributed by atoms with Crippen molar-refractivity contribution in [3.05, 3.63) is 54.1 Å². The van der Waals surface area contributed by atoms with E-state index in [2.05, 4.69) is 6.58 Å². The van der Waals surface area contributed by atoms with Gasteiger partial charge in [-0.1, -0.05) is 55.3 Å². The second-order valence-electron chi connectivity index (χ2n) is 8.13. The molecule has 1 saturated carbocycles. The van der Waals surface area contributed by atoms with Crippen LogP contribution in [0.25, 0.3) is 16.3 Å². The van der Waals surface area contributed by atoms with E-state index in [1.165, 1.54) is 6.92 Å². The first-order chi connectivity index (χ1) is 13.0. The highest BCUT2D eigenvalue weighted by Gasteiger charge is 2.56. The van der Waals surface area contributed by atoms with Crippen LogP contribution in [0.5, 0.6) is 0 Å². The highest BCUT2D eigenvalue weighted by Crippen LogP contribution is 2.47. The lowest BCUT2D eigenvalue weighted by molar-refractivity contribution is -0.300. The molecule has 152 valence electrons. The lowest BCUT2D eigenvalue weighted by Gasteiger charge is -2.40. The summed E-state index contributed by atoms with van der Waals surface area (Å²) < 4.78 is 46.0. The predicted molar refractivity (Wildman–Crippen MR) is 106 cm³/mol. The molecule has 2 unspecified atom stereocenters. The molecule has 2 aromatic rings. The number of hydrogen-bond donors (Lipinski definition) is 1. The van der Waals surface area contributed by atoms with E-state index in [0.717, 1.165) is 47.2 Å². The fourth-order valence-electron chi connectivity index (χ4n) is 4.03. The fourth-order valence-corrected chi connectivity index (χ4v) is 4.03. The minimum Gasteiger partial charge on any atom is -0.379 e. The Morgan fingerprint density at radius 3 is 2.39 bits per heavy atom. The Morgan fingerprint density at radius 1 is 1.18 bits per heavy atom. The quantitative estimate of drug-likeness (QED) is 0.641. The van der Waals surface area contributed by atoms with Crippen molar-refractivity contribution in [1.29, 1.82) is 0 Å². The lowest BCUT2D eigenvalue weighted by Crippen LogP contribution is -2.53. The molecule has 2 atom stereocenters. The average Bonchev–Trinajstić information content (AvgIpc) is 3.09. The van der Waals surface area contributed by atoms with Crippen molar-refractivity contribution >= 4 is 16.3 Å². The second kappa shape index (κ2) is 7.20. The Bertz CT molecular complexity index is 877. The summed E-state index contributed by atoms with van der Waals surface area (Å²) in [6.07, 6.45) is -3.14. The summed E-state index contributed by atoms with van der Waals surface area (Å²) in [5.41, 5.74) is -0.881. The normalized spacial score (nSPS) is 20.1. The maximum absolute atomic E-state index is 13.3.